The van der Waals surface area contributed by atoms with Crippen molar-refractivity contribution in [2.75, 3.05) is 26.0 Å². The summed E-state index contributed by atoms with van der Waals surface area (Å²) in [5, 5.41) is 6.45. The van der Waals surface area contributed by atoms with Gasteiger partial charge in [0.05, 0.1) is 6.20 Å². The highest BCUT2D eigenvalue weighted by atomic mass is 16.2. The minimum atomic E-state index is 0.0233. The smallest absolute Gasteiger partial charge is 0.254 e. The van der Waals surface area contributed by atoms with E-state index in [1.165, 1.54) is 0 Å². The Morgan fingerprint density at radius 1 is 1.08 bits per heavy atom. The van der Waals surface area contributed by atoms with Gasteiger partial charge in [0.25, 0.3) is 5.91 Å². The van der Waals surface area contributed by atoms with E-state index in [4.69, 9.17) is 0 Å². The number of fused-ring (bicyclic) bond motifs is 1. The van der Waals surface area contributed by atoms with Crippen molar-refractivity contribution in [3.63, 3.8) is 0 Å². The molecule has 2 aromatic carbocycles. The fourth-order valence-corrected chi connectivity index (χ4v) is 3.35. The van der Waals surface area contributed by atoms with Crippen molar-refractivity contribution < 1.29 is 4.79 Å². The zero-order valence-corrected chi connectivity index (χ0v) is 16.2. The van der Waals surface area contributed by atoms with Gasteiger partial charge in [-0.15, -0.1) is 0 Å². The molecule has 0 saturated heterocycles. The molecule has 0 unspecified atom stereocenters. The van der Waals surface area contributed by atoms with E-state index < -0.39 is 0 Å². The maximum Gasteiger partial charge on any atom is 0.254 e. The zero-order chi connectivity index (χ0) is 18.8. The van der Waals surface area contributed by atoms with Gasteiger partial charge in [0.15, 0.2) is 0 Å². The number of aryl methyl sites for hydroxylation is 1. The first kappa shape index (κ1) is 18.0. The summed E-state index contributed by atoms with van der Waals surface area (Å²) in [7, 11) is 5.88. The molecule has 0 atom stereocenters. The number of carbonyl (C=O) groups excluding carboxylic acids is 1. The summed E-state index contributed by atoms with van der Waals surface area (Å²) in [5.74, 6) is 0.0233. The largest absolute Gasteiger partial charge is 0.377 e. The van der Waals surface area contributed by atoms with Crippen LogP contribution in [-0.4, -0.2) is 41.7 Å². The lowest BCUT2D eigenvalue weighted by atomic mass is 10.0. The van der Waals surface area contributed by atoms with Gasteiger partial charge < -0.3 is 9.80 Å². The Bertz CT molecular complexity index is 942. The number of carbonyl (C=O) groups is 1. The van der Waals surface area contributed by atoms with Crippen LogP contribution in [0, 0.1) is 6.92 Å². The van der Waals surface area contributed by atoms with Gasteiger partial charge in [0.2, 0.25) is 0 Å². The second kappa shape index (κ2) is 7.20. The van der Waals surface area contributed by atoms with E-state index in [0.29, 0.717) is 6.54 Å². The van der Waals surface area contributed by atoms with Crippen LogP contribution in [0.4, 0.5) is 5.69 Å². The number of rotatable bonds is 5. The van der Waals surface area contributed by atoms with E-state index in [0.717, 1.165) is 39.8 Å². The molecule has 5 heteroatoms. The van der Waals surface area contributed by atoms with E-state index in [1.807, 2.05) is 69.3 Å². The number of benzene rings is 2. The van der Waals surface area contributed by atoms with Gasteiger partial charge in [-0.25, -0.2) is 0 Å². The van der Waals surface area contributed by atoms with Crippen LogP contribution in [0.2, 0.25) is 0 Å². The van der Waals surface area contributed by atoms with E-state index in [9.17, 15) is 4.79 Å². The molecule has 26 heavy (non-hydrogen) atoms. The second-order valence-corrected chi connectivity index (χ2v) is 6.80. The van der Waals surface area contributed by atoms with Crippen molar-refractivity contribution in [2.24, 2.45) is 0 Å². The van der Waals surface area contributed by atoms with Crippen LogP contribution in [0.15, 0.2) is 42.6 Å². The molecule has 0 aliphatic carbocycles. The van der Waals surface area contributed by atoms with Crippen molar-refractivity contribution in [3.05, 3.63) is 59.4 Å². The van der Waals surface area contributed by atoms with E-state index in [1.54, 1.807) is 4.90 Å². The Kier molecular flexibility index (Phi) is 4.98. The molecule has 5 nitrogen and oxygen atoms in total. The summed E-state index contributed by atoms with van der Waals surface area (Å²) in [5.41, 5.74) is 4.03. The molecule has 0 fully saturated rings. The molecular formula is C21H26N4O. The highest BCUT2D eigenvalue weighted by molar-refractivity contribution is 6.10. The topological polar surface area (TPSA) is 41.4 Å². The van der Waals surface area contributed by atoms with Crippen LogP contribution in [0.1, 0.15) is 28.5 Å². The van der Waals surface area contributed by atoms with E-state index >= 15 is 0 Å². The summed E-state index contributed by atoms with van der Waals surface area (Å²) in [6.45, 7) is 5.50. The van der Waals surface area contributed by atoms with Gasteiger partial charge in [0.1, 0.15) is 0 Å². The van der Waals surface area contributed by atoms with Crippen LogP contribution in [0.5, 0.6) is 0 Å². The molecule has 0 bridgehead atoms. The van der Waals surface area contributed by atoms with Gasteiger partial charge in [-0.1, -0.05) is 24.3 Å². The Hall–Kier alpha value is -2.82. The van der Waals surface area contributed by atoms with Crippen molar-refractivity contribution in [3.8, 4) is 0 Å². The molecule has 0 aliphatic rings. The van der Waals surface area contributed by atoms with Crippen LogP contribution >= 0.6 is 0 Å². The number of anilines is 1. The number of hydrogen-bond donors (Lipinski definition) is 0. The summed E-state index contributed by atoms with van der Waals surface area (Å²) in [6, 6.07) is 12.0. The number of hydrogen-bond acceptors (Lipinski definition) is 3. The SMILES string of the molecule is CCn1ncc(CN(C)C(=O)c2ccc(N(C)C)c3ccccc23)c1C. The summed E-state index contributed by atoms with van der Waals surface area (Å²) in [4.78, 5) is 17.0. The first-order chi connectivity index (χ1) is 12.4. The zero-order valence-electron chi connectivity index (χ0n) is 16.2. The van der Waals surface area contributed by atoms with Crippen molar-refractivity contribution >= 4 is 22.4 Å². The van der Waals surface area contributed by atoms with Gasteiger partial charge in [-0.05, 0) is 31.4 Å². The lowest BCUT2D eigenvalue weighted by Crippen LogP contribution is -2.26. The Morgan fingerprint density at radius 3 is 2.38 bits per heavy atom. The molecule has 3 rings (SSSR count). The normalized spacial score (nSPS) is 11.0. The summed E-state index contributed by atoms with van der Waals surface area (Å²) >= 11 is 0. The summed E-state index contributed by atoms with van der Waals surface area (Å²) < 4.78 is 1.95. The highest BCUT2D eigenvalue weighted by Crippen LogP contribution is 2.29. The highest BCUT2D eigenvalue weighted by Gasteiger charge is 2.18. The van der Waals surface area contributed by atoms with Crippen molar-refractivity contribution in [1.29, 1.82) is 0 Å². The first-order valence-corrected chi connectivity index (χ1v) is 8.89. The Labute approximate surface area is 154 Å². The molecular weight excluding hydrogens is 324 g/mol. The molecule has 0 radical (unpaired) electrons. The van der Waals surface area contributed by atoms with Crippen LogP contribution < -0.4 is 4.90 Å². The average Bonchev–Trinajstić information content (AvgIpc) is 2.99. The molecule has 0 aliphatic heterocycles. The predicted octanol–water partition coefficient (Wildman–Crippen LogP) is 3.70. The third-order valence-electron chi connectivity index (χ3n) is 4.87. The molecule has 1 heterocycles. The van der Waals surface area contributed by atoms with E-state index in [-0.39, 0.29) is 5.91 Å². The fourth-order valence-electron chi connectivity index (χ4n) is 3.35. The molecule has 0 N–H and O–H groups in total. The third-order valence-corrected chi connectivity index (χ3v) is 4.87. The van der Waals surface area contributed by atoms with Crippen molar-refractivity contribution in [2.45, 2.75) is 26.9 Å². The second-order valence-electron chi connectivity index (χ2n) is 6.80. The monoisotopic (exact) mass is 350 g/mol. The quantitative estimate of drug-likeness (QED) is 0.704. The maximum atomic E-state index is 13.1. The molecule has 136 valence electrons. The molecule has 0 saturated carbocycles. The van der Waals surface area contributed by atoms with Crippen molar-refractivity contribution in [1.82, 2.24) is 14.7 Å². The standard InChI is InChI=1S/C21H26N4O/c1-6-25-15(2)16(13-22-25)14-24(5)21(26)19-11-12-20(23(3)4)18-10-8-7-9-17(18)19/h7-13H,6,14H2,1-5H3. The minimum Gasteiger partial charge on any atom is -0.377 e. The number of amides is 1. The minimum absolute atomic E-state index is 0.0233. The Morgan fingerprint density at radius 2 is 1.77 bits per heavy atom. The van der Waals surface area contributed by atoms with Crippen LogP contribution in [-0.2, 0) is 13.1 Å². The van der Waals surface area contributed by atoms with Gasteiger partial charge in [-0.2, -0.15) is 5.10 Å². The van der Waals surface area contributed by atoms with Crippen LogP contribution in [0.3, 0.4) is 0 Å². The lowest BCUT2D eigenvalue weighted by Gasteiger charge is -2.21. The van der Waals surface area contributed by atoms with Crippen LogP contribution in [0.25, 0.3) is 10.8 Å². The van der Waals surface area contributed by atoms with Gasteiger partial charge in [0, 0.05) is 62.1 Å². The molecule has 0 spiro atoms. The Balaban J connectivity index is 1.94. The third kappa shape index (κ3) is 3.17. The molecule has 3 aromatic rings. The molecule has 1 amide bonds. The first-order valence-electron chi connectivity index (χ1n) is 8.89. The van der Waals surface area contributed by atoms with Gasteiger partial charge in [-0.3, -0.25) is 9.48 Å². The molecule has 1 aromatic heterocycles. The average molecular weight is 350 g/mol. The fraction of sp³-hybridized carbons (Fsp3) is 0.333. The predicted molar refractivity (Wildman–Crippen MR) is 107 cm³/mol. The maximum absolute atomic E-state index is 13.1. The number of aromatic nitrogens is 2. The summed E-state index contributed by atoms with van der Waals surface area (Å²) in [6.07, 6.45) is 1.86. The van der Waals surface area contributed by atoms with E-state index in [2.05, 4.69) is 23.0 Å². The number of nitrogens with zero attached hydrogens (tertiary/aromatic N) is 4. The van der Waals surface area contributed by atoms with Gasteiger partial charge >= 0.3 is 0 Å². The lowest BCUT2D eigenvalue weighted by molar-refractivity contribution is 0.0787.